The van der Waals surface area contributed by atoms with E-state index in [4.69, 9.17) is 16.3 Å². The van der Waals surface area contributed by atoms with Crippen LogP contribution in [0, 0.1) is 0 Å². The molecule has 86 valence electrons. The van der Waals surface area contributed by atoms with Gasteiger partial charge >= 0.3 is 5.97 Å². The van der Waals surface area contributed by atoms with Gasteiger partial charge in [-0.2, -0.15) is 0 Å². The first-order chi connectivity index (χ1) is 7.67. The van der Waals surface area contributed by atoms with Gasteiger partial charge in [-0.05, 0) is 25.1 Å². The number of alkyl halides is 1. The van der Waals surface area contributed by atoms with E-state index in [-0.39, 0.29) is 10.8 Å². The summed E-state index contributed by atoms with van der Waals surface area (Å²) in [4.78, 5) is 14.8. The lowest BCUT2D eigenvalue weighted by Gasteiger charge is -1.99. The number of aromatic nitrogens is 1. The Morgan fingerprint density at radius 1 is 1.62 bits per heavy atom. The van der Waals surface area contributed by atoms with Gasteiger partial charge < -0.3 is 4.74 Å². The molecule has 0 bridgehead atoms. The fraction of sp³-hybridized carbons (Fsp3) is 0.273. The van der Waals surface area contributed by atoms with E-state index in [0.29, 0.717) is 12.2 Å². The Kier molecular flexibility index (Phi) is 4.92. The molecule has 0 saturated heterocycles. The van der Waals surface area contributed by atoms with Gasteiger partial charge in [-0.1, -0.05) is 11.6 Å². The minimum atomic E-state index is -0.665. The monoisotopic (exact) mass is 243 g/mol. The van der Waals surface area contributed by atoms with Crippen molar-refractivity contribution >= 4 is 23.6 Å². The summed E-state index contributed by atoms with van der Waals surface area (Å²) in [5.74, 6) is -0.451. The maximum atomic E-state index is 12.2. The highest BCUT2D eigenvalue weighted by molar-refractivity contribution is 6.30. The Morgan fingerprint density at radius 3 is 2.94 bits per heavy atom. The molecular formula is C11H11ClFNO2. The number of halogens is 2. The van der Waals surface area contributed by atoms with Gasteiger partial charge in [-0.3, -0.25) is 0 Å². The zero-order chi connectivity index (χ0) is 12.0. The Bertz CT molecular complexity index is 407. The van der Waals surface area contributed by atoms with Crippen LogP contribution in [0.4, 0.5) is 4.39 Å². The van der Waals surface area contributed by atoms with E-state index < -0.39 is 12.6 Å². The van der Waals surface area contributed by atoms with E-state index in [9.17, 15) is 9.18 Å². The van der Waals surface area contributed by atoms with E-state index in [1.165, 1.54) is 18.2 Å². The number of carbonyl (C=O) groups excluding carboxylic acids is 1. The molecule has 0 unspecified atom stereocenters. The molecule has 0 spiro atoms. The van der Waals surface area contributed by atoms with Crippen LogP contribution in [0.2, 0.25) is 5.15 Å². The van der Waals surface area contributed by atoms with Gasteiger partial charge in [0.2, 0.25) is 0 Å². The number of rotatable bonds is 4. The zero-order valence-corrected chi connectivity index (χ0v) is 9.50. The summed E-state index contributed by atoms with van der Waals surface area (Å²) in [6, 6.07) is 3.11. The lowest BCUT2D eigenvalue weighted by Crippen LogP contribution is -1.98. The second-order valence-corrected chi connectivity index (χ2v) is 3.26. The van der Waals surface area contributed by atoms with Crippen molar-refractivity contribution in [3.63, 3.8) is 0 Å². The fourth-order valence-electron chi connectivity index (χ4n) is 1.03. The molecule has 0 N–H and O–H groups in total. The molecule has 5 heteroatoms. The summed E-state index contributed by atoms with van der Waals surface area (Å²) in [7, 11) is 0. The predicted octanol–water partition coefficient (Wildman–Crippen LogP) is 2.78. The normalized spacial score (nSPS) is 10.7. The average molecular weight is 244 g/mol. The molecule has 1 aromatic heterocycles. The average Bonchev–Trinajstić information content (AvgIpc) is 2.27. The van der Waals surface area contributed by atoms with Crippen LogP contribution in [0.1, 0.15) is 18.2 Å². The minimum Gasteiger partial charge on any atom is -0.463 e. The molecule has 1 heterocycles. The minimum absolute atomic E-state index is 0.163. The molecule has 0 amide bonds. The highest BCUT2D eigenvalue weighted by Gasteiger charge is 2.01. The van der Waals surface area contributed by atoms with Crippen LogP contribution in [0.5, 0.6) is 0 Å². The second kappa shape index (κ2) is 6.23. The Labute approximate surface area is 97.9 Å². The fourth-order valence-corrected chi connectivity index (χ4v) is 1.26. The van der Waals surface area contributed by atoms with Crippen molar-refractivity contribution in [3.05, 3.63) is 34.6 Å². The zero-order valence-electron chi connectivity index (χ0n) is 8.74. The maximum absolute atomic E-state index is 12.2. The molecule has 1 aromatic rings. The predicted molar refractivity (Wildman–Crippen MR) is 59.7 cm³/mol. The van der Waals surface area contributed by atoms with Gasteiger partial charge in [0.25, 0.3) is 0 Å². The van der Waals surface area contributed by atoms with Crippen LogP contribution in [0.3, 0.4) is 0 Å². The third-order valence-corrected chi connectivity index (χ3v) is 2.06. The molecule has 3 nitrogen and oxygen atoms in total. The van der Waals surface area contributed by atoms with Crippen LogP contribution in [-0.2, 0) is 16.2 Å². The van der Waals surface area contributed by atoms with E-state index >= 15 is 0 Å². The third-order valence-electron chi connectivity index (χ3n) is 1.76. The van der Waals surface area contributed by atoms with Crippen molar-refractivity contribution in [2.75, 3.05) is 6.61 Å². The molecule has 0 aliphatic carbocycles. The molecule has 1 rings (SSSR count). The summed E-state index contributed by atoms with van der Waals surface area (Å²) < 4.78 is 16.9. The second-order valence-electron chi connectivity index (χ2n) is 2.90. The molecule has 0 aliphatic rings. The van der Waals surface area contributed by atoms with Gasteiger partial charge in [0.15, 0.2) is 0 Å². The number of hydrogen-bond acceptors (Lipinski definition) is 3. The molecule has 0 aromatic carbocycles. The first-order valence-electron chi connectivity index (χ1n) is 4.73. The Hall–Kier alpha value is -1.42. The molecule has 0 radical (unpaired) electrons. The standard InChI is InChI=1S/C11H11ClFNO2/c1-2-16-10(15)6-4-8-3-5-9(7-13)14-11(8)12/h3-6H,2,7H2,1H3/b6-4+. The van der Waals surface area contributed by atoms with Gasteiger partial charge in [-0.25, -0.2) is 14.2 Å². The molecule has 16 heavy (non-hydrogen) atoms. The smallest absolute Gasteiger partial charge is 0.330 e. The molecule has 0 fully saturated rings. The summed E-state index contributed by atoms with van der Waals surface area (Å²) in [5, 5.41) is 0.163. The highest BCUT2D eigenvalue weighted by atomic mass is 35.5. The third kappa shape index (κ3) is 3.62. The summed E-state index contributed by atoms with van der Waals surface area (Å²) in [6.45, 7) is 1.37. The lowest BCUT2D eigenvalue weighted by atomic mass is 10.2. The number of pyridine rings is 1. The topological polar surface area (TPSA) is 39.2 Å². The first kappa shape index (κ1) is 12.6. The van der Waals surface area contributed by atoms with E-state index in [2.05, 4.69) is 4.98 Å². The number of nitrogens with zero attached hydrogens (tertiary/aromatic N) is 1. The number of carbonyl (C=O) groups is 1. The van der Waals surface area contributed by atoms with Gasteiger partial charge in [-0.15, -0.1) is 0 Å². The lowest BCUT2D eigenvalue weighted by molar-refractivity contribution is -0.137. The SMILES string of the molecule is CCOC(=O)/C=C/c1ccc(CF)nc1Cl. The van der Waals surface area contributed by atoms with E-state index in [1.807, 2.05) is 0 Å². The molecule has 0 aliphatic heterocycles. The van der Waals surface area contributed by atoms with Crippen molar-refractivity contribution in [1.82, 2.24) is 4.98 Å². The van der Waals surface area contributed by atoms with Crippen LogP contribution < -0.4 is 0 Å². The van der Waals surface area contributed by atoms with Crippen LogP contribution in [0.25, 0.3) is 6.08 Å². The summed E-state index contributed by atoms with van der Waals surface area (Å²) in [5.41, 5.74) is 0.810. The van der Waals surface area contributed by atoms with Crippen LogP contribution in [-0.4, -0.2) is 17.6 Å². The van der Waals surface area contributed by atoms with E-state index in [0.717, 1.165) is 0 Å². The molecule has 0 atom stereocenters. The summed E-state index contributed by atoms with van der Waals surface area (Å²) >= 11 is 5.79. The van der Waals surface area contributed by atoms with Crippen molar-refractivity contribution in [2.45, 2.75) is 13.6 Å². The van der Waals surface area contributed by atoms with Crippen molar-refractivity contribution in [3.8, 4) is 0 Å². The Morgan fingerprint density at radius 2 is 2.38 bits per heavy atom. The number of esters is 1. The quantitative estimate of drug-likeness (QED) is 0.464. The van der Waals surface area contributed by atoms with Crippen molar-refractivity contribution < 1.29 is 13.9 Å². The number of ether oxygens (including phenoxy) is 1. The van der Waals surface area contributed by atoms with Gasteiger partial charge in [0.05, 0.1) is 12.3 Å². The first-order valence-corrected chi connectivity index (χ1v) is 5.11. The Balaban J connectivity index is 2.78. The maximum Gasteiger partial charge on any atom is 0.330 e. The molecular weight excluding hydrogens is 233 g/mol. The molecule has 0 saturated carbocycles. The highest BCUT2D eigenvalue weighted by Crippen LogP contribution is 2.16. The van der Waals surface area contributed by atoms with E-state index in [1.54, 1.807) is 13.0 Å². The largest absolute Gasteiger partial charge is 0.463 e. The van der Waals surface area contributed by atoms with Gasteiger partial charge in [0.1, 0.15) is 11.8 Å². The van der Waals surface area contributed by atoms with Crippen LogP contribution >= 0.6 is 11.6 Å². The van der Waals surface area contributed by atoms with Crippen LogP contribution in [0.15, 0.2) is 18.2 Å². The van der Waals surface area contributed by atoms with Gasteiger partial charge in [0, 0.05) is 11.6 Å². The summed E-state index contributed by atoms with van der Waals surface area (Å²) in [6.07, 6.45) is 2.73. The number of hydrogen-bond donors (Lipinski definition) is 0. The van der Waals surface area contributed by atoms with Crippen molar-refractivity contribution in [2.24, 2.45) is 0 Å². The van der Waals surface area contributed by atoms with Crippen molar-refractivity contribution in [1.29, 1.82) is 0 Å².